The summed E-state index contributed by atoms with van der Waals surface area (Å²) in [5.41, 5.74) is 6.09. The fourth-order valence-electron chi connectivity index (χ4n) is 3.24. The maximum Gasteiger partial charge on any atom is 0.257 e. The number of aromatic nitrogens is 1. The second kappa shape index (κ2) is 4.31. The summed E-state index contributed by atoms with van der Waals surface area (Å²) in [7, 11) is 0. The van der Waals surface area contributed by atoms with E-state index in [0.717, 1.165) is 31.9 Å². The van der Waals surface area contributed by atoms with Crippen molar-refractivity contribution in [3.05, 3.63) is 29.8 Å². The molecule has 0 spiro atoms. The van der Waals surface area contributed by atoms with Crippen LogP contribution in [0.4, 0.5) is 4.39 Å². The van der Waals surface area contributed by atoms with Gasteiger partial charge >= 0.3 is 0 Å². The van der Waals surface area contributed by atoms with Crippen LogP contribution < -0.4 is 5.73 Å². The Morgan fingerprint density at radius 2 is 2.06 bits per heavy atom. The number of pyridine rings is 1. The zero-order valence-corrected chi connectivity index (χ0v) is 10.1. The first-order valence-corrected chi connectivity index (χ1v) is 6.34. The number of rotatable bonds is 1. The second-order valence-electron chi connectivity index (χ2n) is 5.18. The van der Waals surface area contributed by atoms with Gasteiger partial charge in [0.05, 0.1) is 11.8 Å². The van der Waals surface area contributed by atoms with Crippen molar-refractivity contribution in [3.8, 4) is 0 Å². The standard InChI is InChI=1S/C13H16FN3O/c14-12-7-16-4-3-11(12)13(18)17-9-1-2-10(17)6-8(15)5-9/h3-4,7-10H,1-2,5-6,15H2. The predicted molar refractivity (Wildman–Crippen MR) is 64.4 cm³/mol. The third kappa shape index (κ3) is 1.79. The van der Waals surface area contributed by atoms with Crippen LogP contribution in [0.1, 0.15) is 36.0 Å². The molecule has 0 aromatic carbocycles. The van der Waals surface area contributed by atoms with Gasteiger partial charge in [0.2, 0.25) is 0 Å². The molecule has 2 aliphatic heterocycles. The third-order valence-corrected chi connectivity index (χ3v) is 4.01. The Morgan fingerprint density at radius 3 is 2.67 bits per heavy atom. The Hall–Kier alpha value is -1.49. The number of fused-ring (bicyclic) bond motifs is 2. The summed E-state index contributed by atoms with van der Waals surface area (Å²) in [5, 5.41) is 0. The maximum atomic E-state index is 13.6. The number of nitrogens with two attached hydrogens (primary N) is 1. The molecule has 2 N–H and O–H groups in total. The summed E-state index contributed by atoms with van der Waals surface area (Å²) in [6.07, 6.45) is 6.16. The molecule has 2 atom stereocenters. The van der Waals surface area contributed by atoms with Gasteiger partial charge in [0.1, 0.15) is 0 Å². The normalized spacial score (nSPS) is 30.6. The number of amides is 1. The molecule has 3 rings (SSSR count). The van der Waals surface area contributed by atoms with Gasteiger partial charge in [-0.15, -0.1) is 0 Å². The van der Waals surface area contributed by atoms with Crippen molar-refractivity contribution < 1.29 is 9.18 Å². The molecule has 0 radical (unpaired) electrons. The van der Waals surface area contributed by atoms with Crippen LogP contribution in [0.25, 0.3) is 0 Å². The Bertz CT molecular complexity index is 465. The molecule has 0 saturated carbocycles. The third-order valence-electron chi connectivity index (χ3n) is 4.01. The molecule has 18 heavy (non-hydrogen) atoms. The molecule has 1 aromatic heterocycles. The molecule has 4 nitrogen and oxygen atoms in total. The lowest BCUT2D eigenvalue weighted by atomic mass is 9.97. The fraction of sp³-hybridized carbons (Fsp3) is 0.538. The first-order valence-electron chi connectivity index (χ1n) is 6.34. The van der Waals surface area contributed by atoms with Crippen molar-refractivity contribution in [1.82, 2.24) is 9.88 Å². The van der Waals surface area contributed by atoms with Crippen molar-refractivity contribution in [3.63, 3.8) is 0 Å². The average molecular weight is 249 g/mol. The number of carbonyl (C=O) groups is 1. The summed E-state index contributed by atoms with van der Waals surface area (Å²) in [6, 6.07) is 1.98. The lowest BCUT2D eigenvalue weighted by Crippen LogP contribution is -2.50. The first kappa shape index (κ1) is 11.6. The van der Waals surface area contributed by atoms with Crippen molar-refractivity contribution in [1.29, 1.82) is 0 Å². The van der Waals surface area contributed by atoms with Gasteiger partial charge in [0.15, 0.2) is 5.82 Å². The van der Waals surface area contributed by atoms with E-state index in [9.17, 15) is 9.18 Å². The lowest BCUT2D eigenvalue weighted by Gasteiger charge is -2.37. The van der Waals surface area contributed by atoms with E-state index in [1.165, 1.54) is 12.3 Å². The van der Waals surface area contributed by atoms with E-state index in [4.69, 9.17) is 5.73 Å². The molecule has 5 heteroatoms. The van der Waals surface area contributed by atoms with Gasteiger partial charge in [-0.3, -0.25) is 9.78 Å². The molecule has 2 bridgehead atoms. The minimum Gasteiger partial charge on any atom is -0.332 e. The van der Waals surface area contributed by atoms with Crippen molar-refractivity contribution in [2.75, 3.05) is 0 Å². The molecule has 2 fully saturated rings. The Labute approximate surface area is 105 Å². The summed E-state index contributed by atoms with van der Waals surface area (Å²) in [6.45, 7) is 0. The zero-order chi connectivity index (χ0) is 12.7. The van der Waals surface area contributed by atoms with E-state index < -0.39 is 5.82 Å². The minimum absolute atomic E-state index is 0.123. The average Bonchev–Trinajstić information content (AvgIpc) is 2.61. The first-order chi connectivity index (χ1) is 8.66. The van der Waals surface area contributed by atoms with Crippen LogP contribution in [-0.2, 0) is 0 Å². The molecule has 3 heterocycles. The fourth-order valence-corrected chi connectivity index (χ4v) is 3.24. The van der Waals surface area contributed by atoms with Crippen LogP contribution in [0.15, 0.2) is 18.5 Å². The summed E-state index contributed by atoms with van der Waals surface area (Å²) < 4.78 is 13.6. The van der Waals surface area contributed by atoms with Crippen LogP contribution in [0.5, 0.6) is 0 Å². The van der Waals surface area contributed by atoms with Crippen LogP contribution in [0.2, 0.25) is 0 Å². The minimum atomic E-state index is -0.545. The molecular formula is C13H16FN3O. The highest BCUT2D eigenvalue weighted by molar-refractivity contribution is 5.95. The molecule has 1 amide bonds. The molecule has 96 valence electrons. The number of halogens is 1. The van der Waals surface area contributed by atoms with E-state index in [1.807, 2.05) is 4.90 Å². The summed E-state index contributed by atoms with van der Waals surface area (Å²) >= 11 is 0. The van der Waals surface area contributed by atoms with Crippen LogP contribution >= 0.6 is 0 Å². The Balaban J connectivity index is 1.88. The smallest absolute Gasteiger partial charge is 0.257 e. The van der Waals surface area contributed by atoms with E-state index in [2.05, 4.69) is 4.98 Å². The molecule has 2 unspecified atom stereocenters. The van der Waals surface area contributed by atoms with Gasteiger partial charge in [-0.2, -0.15) is 0 Å². The van der Waals surface area contributed by atoms with E-state index >= 15 is 0 Å². The zero-order valence-electron chi connectivity index (χ0n) is 10.1. The monoisotopic (exact) mass is 249 g/mol. The number of nitrogens with zero attached hydrogens (tertiary/aromatic N) is 2. The molecule has 2 aliphatic rings. The van der Waals surface area contributed by atoms with Gasteiger partial charge in [0, 0.05) is 24.3 Å². The number of piperidine rings is 1. The SMILES string of the molecule is NC1CC2CCC(C1)N2C(=O)c1ccncc1F. The van der Waals surface area contributed by atoms with Crippen LogP contribution in [0.3, 0.4) is 0 Å². The topological polar surface area (TPSA) is 59.2 Å². The summed E-state index contributed by atoms with van der Waals surface area (Å²) in [4.78, 5) is 17.9. The largest absolute Gasteiger partial charge is 0.332 e. The number of carbonyl (C=O) groups excluding carboxylic acids is 1. The lowest BCUT2D eigenvalue weighted by molar-refractivity contribution is 0.0570. The van der Waals surface area contributed by atoms with E-state index in [1.54, 1.807) is 0 Å². The number of hydrogen-bond donors (Lipinski definition) is 1. The van der Waals surface area contributed by atoms with Gasteiger partial charge in [-0.25, -0.2) is 4.39 Å². The Morgan fingerprint density at radius 1 is 1.39 bits per heavy atom. The van der Waals surface area contributed by atoms with Gasteiger partial charge in [-0.05, 0) is 31.7 Å². The van der Waals surface area contributed by atoms with Crippen molar-refractivity contribution in [2.45, 2.75) is 43.8 Å². The number of hydrogen-bond acceptors (Lipinski definition) is 3. The predicted octanol–water partition coefficient (Wildman–Crippen LogP) is 1.31. The second-order valence-corrected chi connectivity index (χ2v) is 5.18. The highest BCUT2D eigenvalue weighted by Crippen LogP contribution is 2.36. The van der Waals surface area contributed by atoms with Crippen molar-refractivity contribution in [2.24, 2.45) is 5.73 Å². The van der Waals surface area contributed by atoms with Crippen LogP contribution in [-0.4, -0.2) is 33.9 Å². The molecular weight excluding hydrogens is 233 g/mol. The van der Waals surface area contributed by atoms with Gasteiger partial charge in [0.25, 0.3) is 5.91 Å². The quantitative estimate of drug-likeness (QED) is 0.816. The highest BCUT2D eigenvalue weighted by atomic mass is 19.1. The van der Waals surface area contributed by atoms with E-state index in [-0.39, 0.29) is 29.6 Å². The molecule has 1 aromatic rings. The molecule has 0 aliphatic carbocycles. The maximum absolute atomic E-state index is 13.6. The Kier molecular flexibility index (Phi) is 2.78. The molecule has 2 saturated heterocycles. The van der Waals surface area contributed by atoms with Gasteiger partial charge in [-0.1, -0.05) is 0 Å². The van der Waals surface area contributed by atoms with Crippen molar-refractivity contribution >= 4 is 5.91 Å². The van der Waals surface area contributed by atoms with Crippen LogP contribution in [0, 0.1) is 5.82 Å². The highest BCUT2D eigenvalue weighted by Gasteiger charge is 2.42. The van der Waals surface area contributed by atoms with Gasteiger partial charge < -0.3 is 10.6 Å². The van der Waals surface area contributed by atoms with E-state index in [0.29, 0.717) is 0 Å². The summed E-state index contributed by atoms with van der Waals surface area (Å²) in [5.74, 6) is -0.758.